The Labute approximate surface area is 73.9 Å². The van der Waals surface area contributed by atoms with Crippen molar-refractivity contribution in [2.24, 2.45) is 0 Å². The van der Waals surface area contributed by atoms with Crippen molar-refractivity contribution in [2.75, 3.05) is 13.6 Å². The molecule has 3 heteroatoms. The maximum atomic E-state index is 11.0. The van der Waals surface area contributed by atoms with E-state index in [2.05, 4.69) is 22.5 Å². The van der Waals surface area contributed by atoms with E-state index in [0.717, 1.165) is 13.0 Å². The highest BCUT2D eigenvalue weighted by Crippen LogP contribution is 1.81. The lowest BCUT2D eigenvalue weighted by Crippen LogP contribution is -2.40. The fourth-order valence-electron chi connectivity index (χ4n) is 0.785. The number of amides is 1. The number of nitrogens with one attached hydrogen (secondary N) is 2. The van der Waals surface area contributed by atoms with Gasteiger partial charge in [-0.25, -0.2) is 0 Å². The molecule has 12 heavy (non-hydrogen) atoms. The molecule has 0 bridgehead atoms. The Morgan fingerprint density at radius 3 is 2.75 bits per heavy atom. The lowest BCUT2D eigenvalue weighted by Gasteiger charge is -2.10. The van der Waals surface area contributed by atoms with Crippen molar-refractivity contribution in [1.29, 1.82) is 0 Å². The van der Waals surface area contributed by atoms with Crippen molar-refractivity contribution in [1.82, 2.24) is 10.6 Å². The summed E-state index contributed by atoms with van der Waals surface area (Å²) in [5.41, 5.74) is 0. The maximum Gasteiger partial charge on any atom is 0.236 e. The molecule has 0 aliphatic rings. The minimum absolute atomic E-state index is 0.0134. The van der Waals surface area contributed by atoms with Crippen LogP contribution in [0.3, 0.4) is 0 Å². The number of carbonyl (C=O) groups is 1. The molecule has 0 radical (unpaired) electrons. The fraction of sp³-hybridized carbons (Fsp3) is 0.667. The zero-order valence-electron chi connectivity index (χ0n) is 7.90. The van der Waals surface area contributed by atoms with Crippen molar-refractivity contribution in [3.8, 4) is 11.8 Å². The summed E-state index contributed by atoms with van der Waals surface area (Å²) < 4.78 is 0. The Hall–Kier alpha value is -1.01. The minimum Gasteiger partial charge on any atom is -0.358 e. The van der Waals surface area contributed by atoms with E-state index in [4.69, 9.17) is 0 Å². The lowest BCUT2D eigenvalue weighted by atomic mass is 10.3. The lowest BCUT2D eigenvalue weighted by molar-refractivity contribution is -0.122. The fourth-order valence-corrected chi connectivity index (χ4v) is 0.785. The molecule has 0 aromatic heterocycles. The van der Waals surface area contributed by atoms with Crippen LogP contribution in [-0.4, -0.2) is 25.5 Å². The van der Waals surface area contributed by atoms with Gasteiger partial charge in [0.1, 0.15) is 0 Å². The van der Waals surface area contributed by atoms with Gasteiger partial charge in [0.05, 0.1) is 6.04 Å². The predicted octanol–water partition coefficient (Wildman–Crippen LogP) is 0.124. The normalized spacial score (nSPS) is 11.2. The summed E-state index contributed by atoms with van der Waals surface area (Å²) in [5.74, 6) is 5.72. The second kappa shape index (κ2) is 6.68. The van der Waals surface area contributed by atoms with Crippen molar-refractivity contribution >= 4 is 5.91 Å². The Kier molecular flexibility index (Phi) is 6.12. The minimum atomic E-state index is -0.131. The summed E-state index contributed by atoms with van der Waals surface area (Å²) >= 11 is 0. The molecular formula is C9H16N2O. The second-order valence-electron chi connectivity index (χ2n) is 2.47. The van der Waals surface area contributed by atoms with Gasteiger partial charge in [0, 0.05) is 20.0 Å². The summed E-state index contributed by atoms with van der Waals surface area (Å²) in [6.45, 7) is 4.40. The molecule has 0 saturated carbocycles. The van der Waals surface area contributed by atoms with E-state index in [1.54, 1.807) is 7.05 Å². The molecule has 2 N–H and O–H groups in total. The number of likely N-dealkylation sites (N-methyl/N-ethyl adjacent to an activating group) is 1. The van der Waals surface area contributed by atoms with Crippen LogP contribution in [0.2, 0.25) is 0 Å². The van der Waals surface area contributed by atoms with E-state index in [0.29, 0.717) is 0 Å². The third-order valence-corrected chi connectivity index (χ3v) is 1.52. The van der Waals surface area contributed by atoms with Crippen LogP contribution in [0.25, 0.3) is 0 Å². The highest BCUT2D eigenvalue weighted by Gasteiger charge is 2.07. The summed E-state index contributed by atoms with van der Waals surface area (Å²) in [5, 5.41) is 5.62. The number of hydrogen-bond acceptors (Lipinski definition) is 2. The van der Waals surface area contributed by atoms with E-state index in [1.807, 2.05) is 13.8 Å². The van der Waals surface area contributed by atoms with Gasteiger partial charge >= 0.3 is 0 Å². The van der Waals surface area contributed by atoms with Crippen molar-refractivity contribution in [3.63, 3.8) is 0 Å². The molecule has 0 aliphatic heterocycles. The van der Waals surface area contributed by atoms with Crippen LogP contribution < -0.4 is 10.6 Å². The van der Waals surface area contributed by atoms with Gasteiger partial charge in [0.25, 0.3) is 0 Å². The van der Waals surface area contributed by atoms with Crippen LogP contribution in [0.15, 0.2) is 0 Å². The van der Waals surface area contributed by atoms with E-state index in [9.17, 15) is 4.79 Å². The molecule has 0 aromatic rings. The standard InChI is InChI=1S/C9H16N2O/c1-4-5-6-7-11-8(2)9(12)10-3/h8,11H,6-7H2,1-3H3,(H,10,12). The van der Waals surface area contributed by atoms with Crippen LogP contribution in [-0.2, 0) is 4.79 Å². The molecule has 3 nitrogen and oxygen atoms in total. The Bertz CT molecular complexity index is 190. The Morgan fingerprint density at radius 1 is 1.58 bits per heavy atom. The summed E-state index contributed by atoms with van der Waals surface area (Å²) in [7, 11) is 1.63. The summed E-state index contributed by atoms with van der Waals surface area (Å²) in [4.78, 5) is 11.0. The number of hydrogen-bond donors (Lipinski definition) is 2. The van der Waals surface area contributed by atoms with Crippen molar-refractivity contribution in [2.45, 2.75) is 26.3 Å². The molecule has 0 heterocycles. The van der Waals surface area contributed by atoms with Gasteiger partial charge in [0.15, 0.2) is 0 Å². The zero-order chi connectivity index (χ0) is 9.40. The quantitative estimate of drug-likeness (QED) is 0.462. The van der Waals surface area contributed by atoms with E-state index in [1.165, 1.54) is 0 Å². The molecular weight excluding hydrogens is 152 g/mol. The van der Waals surface area contributed by atoms with Crippen LogP contribution in [0.1, 0.15) is 20.3 Å². The smallest absolute Gasteiger partial charge is 0.236 e. The first-order valence-corrected chi connectivity index (χ1v) is 4.07. The molecule has 1 atom stereocenters. The first-order chi connectivity index (χ1) is 5.72. The first kappa shape index (κ1) is 11.0. The van der Waals surface area contributed by atoms with E-state index < -0.39 is 0 Å². The van der Waals surface area contributed by atoms with Gasteiger partial charge in [-0.05, 0) is 13.8 Å². The van der Waals surface area contributed by atoms with Gasteiger partial charge in [0.2, 0.25) is 5.91 Å². The van der Waals surface area contributed by atoms with E-state index >= 15 is 0 Å². The second-order valence-corrected chi connectivity index (χ2v) is 2.47. The molecule has 0 rings (SSSR count). The largest absolute Gasteiger partial charge is 0.358 e. The van der Waals surface area contributed by atoms with Crippen LogP contribution >= 0.6 is 0 Å². The molecule has 0 saturated heterocycles. The van der Waals surface area contributed by atoms with Crippen LogP contribution in [0.5, 0.6) is 0 Å². The topological polar surface area (TPSA) is 41.1 Å². The monoisotopic (exact) mass is 168 g/mol. The third-order valence-electron chi connectivity index (χ3n) is 1.52. The molecule has 1 unspecified atom stereocenters. The van der Waals surface area contributed by atoms with E-state index in [-0.39, 0.29) is 11.9 Å². The SMILES string of the molecule is CC#CCCNC(C)C(=O)NC. The Balaban J connectivity index is 3.47. The highest BCUT2D eigenvalue weighted by atomic mass is 16.2. The molecule has 0 fully saturated rings. The molecule has 0 aromatic carbocycles. The van der Waals surface area contributed by atoms with Crippen LogP contribution in [0.4, 0.5) is 0 Å². The van der Waals surface area contributed by atoms with Crippen molar-refractivity contribution in [3.05, 3.63) is 0 Å². The van der Waals surface area contributed by atoms with Gasteiger partial charge in [-0.1, -0.05) is 0 Å². The van der Waals surface area contributed by atoms with Gasteiger partial charge < -0.3 is 10.6 Å². The Morgan fingerprint density at radius 2 is 2.25 bits per heavy atom. The van der Waals surface area contributed by atoms with Gasteiger partial charge in [-0.15, -0.1) is 11.8 Å². The average Bonchev–Trinajstić information content (AvgIpc) is 2.10. The molecule has 0 aliphatic carbocycles. The van der Waals surface area contributed by atoms with Crippen LogP contribution in [0, 0.1) is 11.8 Å². The average molecular weight is 168 g/mol. The maximum absolute atomic E-state index is 11.0. The molecule has 0 spiro atoms. The summed E-state index contributed by atoms with van der Waals surface area (Å²) in [6, 6.07) is -0.131. The number of carbonyl (C=O) groups excluding carboxylic acids is 1. The van der Waals surface area contributed by atoms with Gasteiger partial charge in [-0.3, -0.25) is 4.79 Å². The zero-order valence-corrected chi connectivity index (χ0v) is 7.90. The molecule has 68 valence electrons. The predicted molar refractivity (Wildman–Crippen MR) is 49.6 cm³/mol. The third kappa shape index (κ3) is 4.75. The highest BCUT2D eigenvalue weighted by molar-refractivity contribution is 5.80. The molecule has 1 amide bonds. The first-order valence-electron chi connectivity index (χ1n) is 4.07. The van der Waals surface area contributed by atoms with Gasteiger partial charge in [-0.2, -0.15) is 0 Å². The number of rotatable bonds is 4. The van der Waals surface area contributed by atoms with Crippen molar-refractivity contribution < 1.29 is 4.79 Å². The summed E-state index contributed by atoms with van der Waals surface area (Å²) in [6.07, 6.45) is 0.790.